The lowest BCUT2D eigenvalue weighted by Gasteiger charge is -2.15. The van der Waals surface area contributed by atoms with Crippen molar-refractivity contribution in [1.29, 1.82) is 0 Å². The monoisotopic (exact) mass is 235 g/mol. The van der Waals surface area contributed by atoms with E-state index in [2.05, 4.69) is 0 Å². The van der Waals surface area contributed by atoms with Gasteiger partial charge in [0.15, 0.2) is 6.10 Å². The van der Waals surface area contributed by atoms with Crippen molar-refractivity contribution in [3.8, 4) is 0 Å². The number of aliphatic carboxylic acids is 1. The fourth-order valence-electron chi connectivity index (χ4n) is 1.47. The van der Waals surface area contributed by atoms with Crippen molar-refractivity contribution in [3.05, 3.63) is 35.4 Å². The Morgan fingerprint density at radius 2 is 1.71 bits per heavy atom. The highest BCUT2D eigenvalue weighted by Gasteiger charge is 2.38. The Morgan fingerprint density at radius 1 is 1.24 bits per heavy atom. The van der Waals surface area contributed by atoms with Gasteiger partial charge in [-0.1, -0.05) is 12.1 Å². The number of carboxylic acids is 1. The minimum atomic E-state index is -1.27. The molecule has 0 bridgehead atoms. The zero-order chi connectivity index (χ0) is 12.6. The normalized spacial score (nSPS) is 15.9. The molecule has 88 valence electrons. The van der Waals surface area contributed by atoms with Crippen LogP contribution in [0.1, 0.15) is 27.6 Å². The van der Waals surface area contributed by atoms with Gasteiger partial charge in [0.05, 0.1) is 11.1 Å². The van der Waals surface area contributed by atoms with Crippen LogP contribution >= 0.6 is 0 Å². The summed E-state index contributed by atoms with van der Waals surface area (Å²) >= 11 is 0. The van der Waals surface area contributed by atoms with Gasteiger partial charge in [-0.05, 0) is 19.1 Å². The Hall–Kier alpha value is -2.21. The molecule has 0 aliphatic carbocycles. The van der Waals surface area contributed by atoms with Gasteiger partial charge < -0.3 is 5.11 Å². The quantitative estimate of drug-likeness (QED) is 0.779. The van der Waals surface area contributed by atoms with Crippen LogP contribution in [0.4, 0.5) is 0 Å². The standard InChI is InChI=1S/C11H9NO5/c1-6(11(15)16)17-12-9(13)7-4-2-3-5-8(7)10(12)14/h2-6H,1H3,(H,15,16)/t6-/m0/s1. The number of amides is 2. The number of nitrogens with zero attached hydrogens (tertiary/aromatic N) is 1. The fraction of sp³-hybridized carbons (Fsp3) is 0.182. The number of hydroxylamine groups is 2. The summed E-state index contributed by atoms with van der Waals surface area (Å²) in [5, 5.41) is 9.15. The smallest absolute Gasteiger partial charge is 0.335 e. The van der Waals surface area contributed by atoms with Crippen LogP contribution in [0.5, 0.6) is 0 Å². The average Bonchev–Trinajstić information content (AvgIpc) is 2.55. The minimum Gasteiger partial charge on any atom is -0.479 e. The van der Waals surface area contributed by atoms with Crippen LogP contribution in [0.2, 0.25) is 0 Å². The molecule has 1 aliphatic heterocycles. The molecule has 0 saturated carbocycles. The maximum atomic E-state index is 11.8. The van der Waals surface area contributed by atoms with Crippen LogP contribution in [-0.4, -0.2) is 34.1 Å². The number of carbonyl (C=O) groups excluding carboxylic acids is 2. The first-order valence-electron chi connectivity index (χ1n) is 4.89. The molecule has 2 amide bonds. The Balaban J connectivity index is 2.27. The number of rotatable bonds is 3. The van der Waals surface area contributed by atoms with Crippen LogP contribution in [0.15, 0.2) is 24.3 Å². The van der Waals surface area contributed by atoms with Crippen molar-refractivity contribution in [2.45, 2.75) is 13.0 Å². The largest absolute Gasteiger partial charge is 0.479 e. The molecule has 1 N–H and O–H groups in total. The van der Waals surface area contributed by atoms with Crippen molar-refractivity contribution in [1.82, 2.24) is 5.06 Å². The predicted molar refractivity (Wildman–Crippen MR) is 55.1 cm³/mol. The maximum absolute atomic E-state index is 11.8. The number of carbonyl (C=O) groups is 3. The zero-order valence-electron chi connectivity index (χ0n) is 8.91. The number of fused-ring (bicyclic) bond motifs is 1. The average molecular weight is 235 g/mol. The second-order valence-electron chi connectivity index (χ2n) is 3.54. The van der Waals surface area contributed by atoms with Crippen LogP contribution in [0.25, 0.3) is 0 Å². The lowest BCUT2D eigenvalue weighted by Crippen LogP contribution is -2.36. The lowest BCUT2D eigenvalue weighted by molar-refractivity contribution is -0.171. The topological polar surface area (TPSA) is 83.9 Å². The van der Waals surface area contributed by atoms with E-state index >= 15 is 0 Å². The molecule has 0 aromatic heterocycles. The van der Waals surface area contributed by atoms with E-state index < -0.39 is 23.9 Å². The summed E-state index contributed by atoms with van der Waals surface area (Å²) in [5.41, 5.74) is 0.435. The number of carboxylic acid groups (broad SMARTS) is 1. The summed E-state index contributed by atoms with van der Waals surface area (Å²) in [6.07, 6.45) is -1.27. The van der Waals surface area contributed by atoms with E-state index in [1.807, 2.05) is 0 Å². The van der Waals surface area contributed by atoms with Gasteiger partial charge >= 0.3 is 5.97 Å². The number of imide groups is 1. The molecule has 0 radical (unpaired) electrons. The van der Waals surface area contributed by atoms with Crippen molar-refractivity contribution in [2.24, 2.45) is 0 Å². The molecule has 0 saturated heterocycles. The third kappa shape index (κ3) is 1.78. The van der Waals surface area contributed by atoms with Crippen molar-refractivity contribution < 1.29 is 24.3 Å². The number of hydrogen-bond acceptors (Lipinski definition) is 4. The molecule has 17 heavy (non-hydrogen) atoms. The Bertz CT molecular complexity index is 475. The maximum Gasteiger partial charge on any atom is 0.335 e. The molecular formula is C11H9NO5. The Morgan fingerprint density at radius 3 is 2.12 bits per heavy atom. The second kappa shape index (κ2) is 3.99. The third-order valence-corrected chi connectivity index (χ3v) is 2.37. The van der Waals surface area contributed by atoms with Gasteiger partial charge in [0.25, 0.3) is 11.8 Å². The molecule has 1 atom stereocenters. The Labute approximate surface area is 96.4 Å². The highest BCUT2D eigenvalue weighted by atomic mass is 16.7. The molecular weight excluding hydrogens is 226 g/mol. The summed E-state index contributed by atoms with van der Waals surface area (Å²) in [6, 6.07) is 6.22. The van der Waals surface area contributed by atoms with Gasteiger partial charge in [0.2, 0.25) is 0 Å². The van der Waals surface area contributed by atoms with Gasteiger partial charge in [-0.25, -0.2) is 9.63 Å². The fourth-order valence-corrected chi connectivity index (χ4v) is 1.47. The molecule has 0 spiro atoms. The molecule has 1 aromatic rings. The van der Waals surface area contributed by atoms with Crippen LogP contribution in [0.3, 0.4) is 0 Å². The van der Waals surface area contributed by atoms with E-state index in [1.54, 1.807) is 12.1 Å². The zero-order valence-corrected chi connectivity index (χ0v) is 8.91. The lowest BCUT2D eigenvalue weighted by atomic mass is 10.1. The van der Waals surface area contributed by atoms with Crippen LogP contribution in [-0.2, 0) is 9.63 Å². The van der Waals surface area contributed by atoms with Crippen LogP contribution in [0, 0.1) is 0 Å². The Kier molecular flexibility index (Phi) is 2.64. The SMILES string of the molecule is C[C@H](ON1C(=O)c2ccccc2C1=O)C(=O)O. The van der Waals surface area contributed by atoms with E-state index in [4.69, 9.17) is 9.94 Å². The van der Waals surface area contributed by atoms with E-state index in [0.717, 1.165) is 0 Å². The first-order valence-corrected chi connectivity index (χ1v) is 4.89. The summed E-state index contributed by atoms with van der Waals surface area (Å²) < 4.78 is 0. The van der Waals surface area contributed by atoms with Crippen molar-refractivity contribution in [2.75, 3.05) is 0 Å². The predicted octanol–water partition coefficient (Wildman–Crippen LogP) is 0.687. The second-order valence-corrected chi connectivity index (χ2v) is 3.54. The van der Waals surface area contributed by atoms with Gasteiger partial charge in [0.1, 0.15) is 0 Å². The van der Waals surface area contributed by atoms with E-state index in [1.165, 1.54) is 19.1 Å². The first-order chi connectivity index (χ1) is 8.02. The molecule has 6 nitrogen and oxygen atoms in total. The van der Waals surface area contributed by atoms with Gasteiger partial charge in [-0.3, -0.25) is 9.59 Å². The molecule has 1 aliphatic rings. The summed E-state index contributed by atoms with van der Waals surface area (Å²) in [4.78, 5) is 38.9. The summed E-state index contributed by atoms with van der Waals surface area (Å²) in [6.45, 7) is 1.24. The molecule has 1 aromatic carbocycles. The van der Waals surface area contributed by atoms with E-state index in [0.29, 0.717) is 5.06 Å². The van der Waals surface area contributed by atoms with Crippen molar-refractivity contribution in [3.63, 3.8) is 0 Å². The van der Waals surface area contributed by atoms with Gasteiger partial charge in [-0.2, -0.15) is 0 Å². The van der Waals surface area contributed by atoms with Crippen LogP contribution < -0.4 is 0 Å². The highest BCUT2D eigenvalue weighted by Crippen LogP contribution is 2.23. The first kappa shape index (κ1) is 11.3. The molecule has 0 unspecified atom stereocenters. The molecule has 1 heterocycles. The van der Waals surface area contributed by atoms with E-state index in [9.17, 15) is 14.4 Å². The molecule has 2 rings (SSSR count). The summed E-state index contributed by atoms with van der Waals surface area (Å²) in [5.74, 6) is -2.53. The highest BCUT2D eigenvalue weighted by molar-refractivity contribution is 6.20. The molecule has 6 heteroatoms. The van der Waals surface area contributed by atoms with Gasteiger partial charge in [0, 0.05) is 0 Å². The third-order valence-electron chi connectivity index (χ3n) is 2.37. The van der Waals surface area contributed by atoms with Crippen molar-refractivity contribution >= 4 is 17.8 Å². The minimum absolute atomic E-state index is 0.218. The van der Waals surface area contributed by atoms with Gasteiger partial charge in [-0.15, -0.1) is 5.06 Å². The number of hydrogen-bond donors (Lipinski definition) is 1. The number of benzene rings is 1. The molecule has 0 fully saturated rings. The van der Waals surface area contributed by atoms with E-state index in [-0.39, 0.29) is 11.1 Å². The summed E-state index contributed by atoms with van der Waals surface area (Å²) in [7, 11) is 0.